The number of pyridine rings is 1. The molecule has 1 heterocycles. The largest absolute Gasteiger partial charge is 0.495 e. The Morgan fingerprint density at radius 1 is 1.05 bits per heavy atom. The van der Waals surface area contributed by atoms with Crippen molar-refractivity contribution in [2.75, 3.05) is 20.3 Å². The number of aromatic nitrogens is 1. The van der Waals surface area contributed by atoms with Gasteiger partial charge < -0.3 is 14.8 Å². The molecule has 0 aliphatic carbocycles. The molecule has 0 aliphatic rings. The molecule has 4 nitrogen and oxygen atoms in total. The average molecular weight is 286 g/mol. The number of hydrogen-bond donors (Lipinski definition) is 1. The van der Waals surface area contributed by atoms with Gasteiger partial charge in [-0.15, -0.1) is 0 Å². The number of ether oxygens (including phenoxy) is 2. The van der Waals surface area contributed by atoms with Crippen molar-refractivity contribution in [2.24, 2.45) is 0 Å². The zero-order valence-electron chi connectivity index (χ0n) is 12.8. The van der Waals surface area contributed by atoms with E-state index in [1.54, 1.807) is 13.3 Å². The highest BCUT2D eigenvalue weighted by Gasteiger charge is 2.14. The van der Waals surface area contributed by atoms with Crippen LogP contribution in [0.1, 0.15) is 31.0 Å². The molecule has 1 unspecified atom stereocenters. The van der Waals surface area contributed by atoms with Crippen molar-refractivity contribution < 1.29 is 9.47 Å². The summed E-state index contributed by atoms with van der Waals surface area (Å²) in [6.45, 7) is 5.62. The maximum Gasteiger partial charge on any atom is 0.137 e. The monoisotopic (exact) mass is 286 g/mol. The molecule has 112 valence electrons. The first-order chi connectivity index (χ1) is 10.3. The summed E-state index contributed by atoms with van der Waals surface area (Å²) in [6, 6.07) is 10.3. The first-order valence-electron chi connectivity index (χ1n) is 7.23. The van der Waals surface area contributed by atoms with Gasteiger partial charge >= 0.3 is 0 Å². The lowest BCUT2D eigenvalue weighted by Crippen LogP contribution is -2.22. The van der Waals surface area contributed by atoms with Crippen LogP contribution >= 0.6 is 0 Å². The molecule has 0 radical (unpaired) electrons. The van der Waals surface area contributed by atoms with E-state index in [0.717, 1.165) is 23.6 Å². The Labute approximate surface area is 126 Å². The van der Waals surface area contributed by atoms with Gasteiger partial charge in [0.1, 0.15) is 11.5 Å². The van der Waals surface area contributed by atoms with Crippen LogP contribution < -0.4 is 14.8 Å². The fraction of sp³-hybridized carbons (Fsp3) is 0.353. The molecule has 0 aliphatic heterocycles. The van der Waals surface area contributed by atoms with Gasteiger partial charge in [0.15, 0.2) is 0 Å². The van der Waals surface area contributed by atoms with Crippen molar-refractivity contribution in [3.63, 3.8) is 0 Å². The molecule has 0 fully saturated rings. The number of hydrogen-bond acceptors (Lipinski definition) is 4. The number of nitrogens with zero attached hydrogens (tertiary/aromatic N) is 1. The summed E-state index contributed by atoms with van der Waals surface area (Å²) in [5.41, 5.74) is 2.26. The van der Waals surface area contributed by atoms with E-state index in [4.69, 9.17) is 9.47 Å². The maximum absolute atomic E-state index is 5.49. The molecule has 21 heavy (non-hydrogen) atoms. The van der Waals surface area contributed by atoms with Gasteiger partial charge in [-0.2, -0.15) is 0 Å². The predicted molar refractivity (Wildman–Crippen MR) is 83.9 cm³/mol. The molecular weight excluding hydrogens is 264 g/mol. The topological polar surface area (TPSA) is 43.4 Å². The lowest BCUT2D eigenvalue weighted by atomic mass is 10.00. The molecule has 2 rings (SSSR count). The molecule has 1 N–H and O–H groups in total. The second-order valence-corrected chi connectivity index (χ2v) is 4.65. The number of benzene rings is 1. The van der Waals surface area contributed by atoms with Crippen LogP contribution in [-0.2, 0) is 0 Å². The lowest BCUT2D eigenvalue weighted by molar-refractivity contribution is 0.340. The lowest BCUT2D eigenvalue weighted by Gasteiger charge is -2.19. The van der Waals surface area contributed by atoms with Gasteiger partial charge in [-0.05, 0) is 42.8 Å². The van der Waals surface area contributed by atoms with Crippen molar-refractivity contribution in [3.05, 3.63) is 53.9 Å². The van der Waals surface area contributed by atoms with Crippen LogP contribution in [0, 0.1) is 0 Å². The van der Waals surface area contributed by atoms with Crippen LogP contribution in [0.4, 0.5) is 0 Å². The first-order valence-corrected chi connectivity index (χ1v) is 7.23. The van der Waals surface area contributed by atoms with E-state index in [1.807, 2.05) is 31.3 Å². The van der Waals surface area contributed by atoms with E-state index in [-0.39, 0.29) is 6.04 Å². The Bertz CT molecular complexity index is 555. The summed E-state index contributed by atoms with van der Waals surface area (Å²) >= 11 is 0. The van der Waals surface area contributed by atoms with Crippen molar-refractivity contribution >= 4 is 0 Å². The van der Waals surface area contributed by atoms with Gasteiger partial charge in [0.2, 0.25) is 0 Å². The molecule has 0 bridgehead atoms. The summed E-state index contributed by atoms with van der Waals surface area (Å²) in [6.07, 6.45) is 3.58. The Kier molecular flexibility index (Phi) is 5.58. The number of rotatable bonds is 7. The molecule has 4 heteroatoms. The van der Waals surface area contributed by atoms with Crippen LogP contribution in [0.3, 0.4) is 0 Å². The van der Waals surface area contributed by atoms with Crippen molar-refractivity contribution in [3.8, 4) is 11.5 Å². The molecule has 0 saturated heterocycles. The normalized spacial score (nSPS) is 12.0. The van der Waals surface area contributed by atoms with Crippen LogP contribution in [0.5, 0.6) is 11.5 Å². The highest BCUT2D eigenvalue weighted by atomic mass is 16.5. The van der Waals surface area contributed by atoms with Gasteiger partial charge in [-0.1, -0.05) is 19.1 Å². The highest BCUT2D eigenvalue weighted by molar-refractivity contribution is 5.36. The molecule has 0 spiro atoms. The SMILES string of the molecule is CCNC(c1ccc(OCC)cc1)c1cncc(OC)c1. The molecular formula is C17H22N2O2. The third kappa shape index (κ3) is 3.95. The molecule has 2 aromatic rings. The van der Waals surface area contributed by atoms with Gasteiger partial charge in [-0.25, -0.2) is 0 Å². The smallest absolute Gasteiger partial charge is 0.137 e. The van der Waals surface area contributed by atoms with E-state index < -0.39 is 0 Å². The minimum atomic E-state index is 0.0910. The summed E-state index contributed by atoms with van der Waals surface area (Å²) in [4.78, 5) is 4.24. The van der Waals surface area contributed by atoms with Crippen molar-refractivity contribution in [1.29, 1.82) is 0 Å². The zero-order chi connectivity index (χ0) is 15.1. The minimum absolute atomic E-state index is 0.0910. The van der Waals surface area contributed by atoms with Gasteiger partial charge in [0.25, 0.3) is 0 Å². The van der Waals surface area contributed by atoms with E-state index in [2.05, 4.69) is 29.4 Å². The van der Waals surface area contributed by atoms with Crippen LogP contribution in [0.15, 0.2) is 42.7 Å². The Morgan fingerprint density at radius 3 is 2.43 bits per heavy atom. The first kappa shape index (κ1) is 15.3. The molecule has 1 aromatic heterocycles. The molecule has 1 aromatic carbocycles. The summed E-state index contributed by atoms with van der Waals surface area (Å²) < 4.78 is 10.7. The van der Waals surface area contributed by atoms with Crippen LogP contribution in [0.2, 0.25) is 0 Å². The standard InChI is InChI=1S/C17H22N2O2/c1-4-19-17(14-10-16(20-3)12-18-11-14)13-6-8-15(9-7-13)21-5-2/h6-12,17,19H,4-5H2,1-3H3. The second-order valence-electron chi connectivity index (χ2n) is 4.65. The summed E-state index contributed by atoms with van der Waals surface area (Å²) in [5.74, 6) is 1.65. The number of nitrogens with one attached hydrogen (secondary N) is 1. The highest BCUT2D eigenvalue weighted by Crippen LogP contribution is 2.25. The third-order valence-electron chi connectivity index (χ3n) is 3.24. The van der Waals surface area contributed by atoms with E-state index in [9.17, 15) is 0 Å². The maximum atomic E-state index is 5.49. The molecule has 1 atom stereocenters. The Hall–Kier alpha value is -2.07. The van der Waals surface area contributed by atoms with Crippen LogP contribution in [0.25, 0.3) is 0 Å². The van der Waals surface area contributed by atoms with Gasteiger partial charge in [0, 0.05) is 6.20 Å². The fourth-order valence-electron chi connectivity index (χ4n) is 2.26. The quantitative estimate of drug-likeness (QED) is 0.849. The summed E-state index contributed by atoms with van der Waals surface area (Å²) in [7, 11) is 1.65. The fourth-order valence-corrected chi connectivity index (χ4v) is 2.26. The predicted octanol–water partition coefficient (Wildman–Crippen LogP) is 3.19. The molecule has 0 saturated carbocycles. The minimum Gasteiger partial charge on any atom is -0.495 e. The van der Waals surface area contributed by atoms with Crippen LogP contribution in [-0.4, -0.2) is 25.2 Å². The third-order valence-corrected chi connectivity index (χ3v) is 3.24. The van der Waals surface area contributed by atoms with Gasteiger partial charge in [-0.3, -0.25) is 4.98 Å². The van der Waals surface area contributed by atoms with E-state index in [0.29, 0.717) is 6.61 Å². The Morgan fingerprint density at radius 2 is 1.81 bits per heavy atom. The van der Waals surface area contributed by atoms with Gasteiger partial charge in [0.05, 0.1) is 26.0 Å². The van der Waals surface area contributed by atoms with Crippen molar-refractivity contribution in [1.82, 2.24) is 10.3 Å². The van der Waals surface area contributed by atoms with Crippen molar-refractivity contribution in [2.45, 2.75) is 19.9 Å². The van der Waals surface area contributed by atoms with E-state index in [1.165, 1.54) is 5.56 Å². The zero-order valence-corrected chi connectivity index (χ0v) is 12.8. The number of methoxy groups -OCH3 is 1. The average Bonchev–Trinajstić information content (AvgIpc) is 2.54. The second kappa shape index (κ2) is 7.64. The Balaban J connectivity index is 2.28. The summed E-state index contributed by atoms with van der Waals surface area (Å²) in [5, 5.41) is 3.48. The van der Waals surface area contributed by atoms with E-state index >= 15 is 0 Å². The molecule has 0 amide bonds.